The summed E-state index contributed by atoms with van der Waals surface area (Å²) >= 11 is 0. The van der Waals surface area contributed by atoms with E-state index in [2.05, 4.69) is 0 Å². The second-order valence-electron chi connectivity index (χ2n) is 4.11. The van der Waals surface area contributed by atoms with Crippen molar-refractivity contribution in [3.05, 3.63) is 35.6 Å². The van der Waals surface area contributed by atoms with Crippen LogP contribution >= 0.6 is 0 Å². The molecule has 2 rings (SSSR count). The second-order valence-corrected chi connectivity index (χ2v) is 4.11. The Balaban J connectivity index is 2.06. The molecule has 0 aliphatic heterocycles. The van der Waals surface area contributed by atoms with Crippen molar-refractivity contribution in [2.45, 2.75) is 25.2 Å². The SMILES string of the molecule is OCC1CCC(c2ccc(F)cc2)C1. The molecule has 14 heavy (non-hydrogen) atoms. The van der Waals surface area contributed by atoms with Crippen molar-refractivity contribution in [1.29, 1.82) is 0 Å². The van der Waals surface area contributed by atoms with E-state index in [1.165, 1.54) is 17.7 Å². The van der Waals surface area contributed by atoms with Crippen LogP contribution in [0.2, 0.25) is 0 Å². The summed E-state index contributed by atoms with van der Waals surface area (Å²) in [6.45, 7) is 0.289. The summed E-state index contributed by atoms with van der Waals surface area (Å²) < 4.78 is 12.7. The maximum atomic E-state index is 12.7. The van der Waals surface area contributed by atoms with Gasteiger partial charge in [-0.15, -0.1) is 0 Å². The highest BCUT2D eigenvalue weighted by molar-refractivity contribution is 5.21. The fourth-order valence-electron chi connectivity index (χ4n) is 2.28. The van der Waals surface area contributed by atoms with Gasteiger partial charge in [0.1, 0.15) is 5.82 Å². The van der Waals surface area contributed by atoms with Crippen LogP contribution in [-0.2, 0) is 0 Å². The predicted molar refractivity (Wildman–Crippen MR) is 53.6 cm³/mol. The molecular weight excluding hydrogens is 179 g/mol. The van der Waals surface area contributed by atoms with Crippen LogP contribution in [0.5, 0.6) is 0 Å². The number of aliphatic hydroxyl groups excluding tert-OH is 1. The number of rotatable bonds is 2. The van der Waals surface area contributed by atoms with Crippen molar-refractivity contribution in [2.24, 2.45) is 5.92 Å². The van der Waals surface area contributed by atoms with Gasteiger partial charge in [0, 0.05) is 6.61 Å². The number of aliphatic hydroxyl groups is 1. The number of halogens is 1. The van der Waals surface area contributed by atoms with E-state index in [0.717, 1.165) is 19.3 Å². The average Bonchev–Trinajstić information content (AvgIpc) is 2.67. The zero-order chi connectivity index (χ0) is 9.97. The van der Waals surface area contributed by atoms with Gasteiger partial charge in [-0.3, -0.25) is 0 Å². The molecule has 1 aliphatic carbocycles. The van der Waals surface area contributed by atoms with E-state index < -0.39 is 0 Å². The van der Waals surface area contributed by atoms with Crippen LogP contribution in [0.25, 0.3) is 0 Å². The Labute approximate surface area is 83.6 Å². The Morgan fingerprint density at radius 2 is 1.93 bits per heavy atom. The number of hydrogen-bond acceptors (Lipinski definition) is 1. The summed E-state index contributed by atoms with van der Waals surface area (Å²) in [6, 6.07) is 6.75. The Morgan fingerprint density at radius 1 is 1.21 bits per heavy atom. The first kappa shape index (κ1) is 9.66. The molecule has 0 saturated heterocycles. The first-order chi connectivity index (χ1) is 6.79. The molecule has 1 aromatic rings. The van der Waals surface area contributed by atoms with Crippen LogP contribution in [0.1, 0.15) is 30.7 Å². The largest absolute Gasteiger partial charge is 0.396 e. The topological polar surface area (TPSA) is 20.2 Å². The highest BCUT2D eigenvalue weighted by Gasteiger charge is 2.24. The minimum absolute atomic E-state index is 0.176. The Morgan fingerprint density at radius 3 is 2.50 bits per heavy atom. The predicted octanol–water partition coefficient (Wildman–Crippen LogP) is 2.70. The molecule has 0 heterocycles. The maximum Gasteiger partial charge on any atom is 0.123 e. The van der Waals surface area contributed by atoms with E-state index in [-0.39, 0.29) is 12.4 Å². The lowest BCUT2D eigenvalue weighted by atomic mass is 9.96. The third-order valence-corrected chi connectivity index (χ3v) is 3.14. The molecule has 2 heteroatoms. The lowest BCUT2D eigenvalue weighted by Gasteiger charge is -2.09. The normalized spacial score (nSPS) is 26.7. The van der Waals surface area contributed by atoms with Crippen molar-refractivity contribution < 1.29 is 9.50 Å². The Hall–Kier alpha value is -0.890. The summed E-state index contributed by atoms with van der Waals surface area (Å²) in [5, 5.41) is 9.01. The molecule has 76 valence electrons. The molecule has 1 aromatic carbocycles. The first-order valence-electron chi connectivity index (χ1n) is 5.16. The van der Waals surface area contributed by atoms with E-state index in [1.54, 1.807) is 0 Å². The zero-order valence-corrected chi connectivity index (χ0v) is 8.12. The molecule has 1 N–H and O–H groups in total. The van der Waals surface area contributed by atoms with Gasteiger partial charge < -0.3 is 5.11 Å². The van der Waals surface area contributed by atoms with E-state index in [0.29, 0.717) is 11.8 Å². The summed E-state index contributed by atoms with van der Waals surface area (Å²) in [5.74, 6) is 0.795. The third-order valence-electron chi connectivity index (χ3n) is 3.14. The van der Waals surface area contributed by atoms with Gasteiger partial charge >= 0.3 is 0 Å². The molecular formula is C12H15FO. The molecule has 0 amide bonds. The molecule has 2 unspecified atom stereocenters. The van der Waals surface area contributed by atoms with Crippen molar-refractivity contribution in [1.82, 2.24) is 0 Å². The molecule has 0 bridgehead atoms. The van der Waals surface area contributed by atoms with Gasteiger partial charge in [0.15, 0.2) is 0 Å². The summed E-state index contributed by atoms with van der Waals surface area (Å²) in [4.78, 5) is 0. The van der Waals surface area contributed by atoms with Gasteiger partial charge in [0.25, 0.3) is 0 Å². The average molecular weight is 194 g/mol. The Kier molecular flexibility index (Phi) is 2.82. The molecule has 0 radical (unpaired) electrons. The standard InChI is InChI=1S/C12H15FO/c13-12-5-3-10(4-6-12)11-2-1-9(7-11)8-14/h3-6,9,11,14H,1-2,7-8H2. The quantitative estimate of drug-likeness (QED) is 0.767. The monoisotopic (exact) mass is 194 g/mol. The first-order valence-corrected chi connectivity index (χ1v) is 5.16. The minimum Gasteiger partial charge on any atom is -0.396 e. The van der Waals surface area contributed by atoms with E-state index in [4.69, 9.17) is 5.11 Å². The van der Waals surface area contributed by atoms with E-state index >= 15 is 0 Å². The molecule has 2 atom stereocenters. The van der Waals surface area contributed by atoms with Gasteiger partial charge in [0.2, 0.25) is 0 Å². The lowest BCUT2D eigenvalue weighted by Crippen LogP contribution is -2.00. The smallest absolute Gasteiger partial charge is 0.123 e. The zero-order valence-electron chi connectivity index (χ0n) is 8.12. The molecule has 0 aromatic heterocycles. The third kappa shape index (κ3) is 1.95. The summed E-state index contributed by atoms with van der Waals surface area (Å²) in [6.07, 6.45) is 3.26. The van der Waals surface area contributed by atoms with Gasteiger partial charge in [-0.1, -0.05) is 12.1 Å². The van der Waals surface area contributed by atoms with Crippen molar-refractivity contribution in [2.75, 3.05) is 6.61 Å². The highest BCUT2D eigenvalue weighted by Crippen LogP contribution is 2.37. The van der Waals surface area contributed by atoms with Crippen molar-refractivity contribution in [3.8, 4) is 0 Å². The van der Waals surface area contributed by atoms with Crippen molar-refractivity contribution >= 4 is 0 Å². The van der Waals surface area contributed by atoms with E-state index in [9.17, 15) is 4.39 Å². The van der Waals surface area contributed by atoms with E-state index in [1.807, 2.05) is 12.1 Å². The van der Waals surface area contributed by atoms with Crippen LogP contribution in [0.15, 0.2) is 24.3 Å². The molecule has 1 aliphatic rings. The molecule has 0 spiro atoms. The van der Waals surface area contributed by atoms with Crippen LogP contribution in [-0.4, -0.2) is 11.7 Å². The van der Waals surface area contributed by atoms with Gasteiger partial charge in [-0.05, 0) is 48.8 Å². The van der Waals surface area contributed by atoms with Crippen LogP contribution in [0, 0.1) is 11.7 Å². The van der Waals surface area contributed by atoms with Gasteiger partial charge in [-0.25, -0.2) is 4.39 Å². The number of benzene rings is 1. The number of hydrogen-bond donors (Lipinski definition) is 1. The second kappa shape index (κ2) is 4.09. The Bertz CT molecular complexity index is 294. The molecule has 1 fully saturated rings. The molecule has 1 nitrogen and oxygen atoms in total. The highest BCUT2D eigenvalue weighted by atomic mass is 19.1. The fourth-order valence-corrected chi connectivity index (χ4v) is 2.28. The minimum atomic E-state index is -0.176. The molecule has 1 saturated carbocycles. The van der Waals surface area contributed by atoms with Crippen LogP contribution in [0.3, 0.4) is 0 Å². The van der Waals surface area contributed by atoms with Crippen molar-refractivity contribution in [3.63, 3.8) is 0 Å². The maximum absolute atomic E-state index is 12.7. The van der Waals surface area contributed by atoms with Crippen LogP contribution < -0.4 is 0 Å². The lowest BCUT2D eigenvalue weighted by molar-refractivity contribution is 0.229. The summed E-state index contributed by atoms with van der Waals surface area (Å²) in [5.41, 5.74) is 1.21. The van der Waals surface area contributed by atoms with Gasteiger partial charge in [0.05, 0.1) is 0 Å². The van der Waals surface area contributed by atoms with Gasteiger partial charge in [-0.2, -0.15) is 0 Å². The van der Waals surface area contributed by atoms with Crippen LogP contribution in [0.4, 0.5) is 4.39 Å². The summed E-state index contributed by atoms with van der Waals surface area (Å²) in [7, 11) is 0. The fraction of sp³-hybridized carbons (Fsp3) is 0.500.